The highest BCUT2D eigenvalue weighted by molar-refractivity contribution is 6.03. The Morgan fingerprint density at radius 2 is 1.71 bits per heavy atom. The van der Waals surface area contributed by atoms with Crippen LogP contribution in [0.3, 0.4) is 0 Å². The van der Waals surface area contributed by atoms with Crippen LogP contribution in [0.15, 0.2) is 64.8 Å². The van der Waals surface area contributed by atoms with Crippen LogP contribution in [0.25, 0.3) is 0 Å². The van der Waals surface area contributed by atoms with Crippen molar-refractivity contribution in [2.24, 2.45) is 15.7 Å². The van der Waals surface area contributed by atoms with Crippen LogP contribution < -0.4 is 25.8 Å². The molecule has 0 aliphatic rings. The summed E-state index contributed by atoms with van der Waals surface area (Å²) in [7, 11) is 1.34. The number of hydrogen-bond acceptors (Lipinski definition) is 14. The molecule has 0 bridgehead atoms. The molecule has 3 aromatic rings. The average Bonchev–Trinajstić information content (AvgIpc) is 3.16. The van der Waals surface area contributed by atoms with Crippen LogP contribution in [-0.2, 0) is 28.5 Å². The molecule has 0 fully saturated rings. The summed E-state index contributed by atoms with van der Waals surface area (Å²) in [6, 6.07) is 8.33. The predicted octanol–water partition coefficient (Wildman–Crippen LogP) is 5.68. The molecule has 20 heteroatoms. The summed E-state index contributed by atoms with van der Waals surface area (Å²) in [5.41, 5.74) is 5.05. The lowest BCUT2D eigenvalue weighted by Gasteiger charge is -2.23. The van der Waals surface area contributed by atoms with Crippen molar-refractivity contribution in [3.8, 4) is 11.5 Å². The van der Waals surface area contributed by atoms with Crippen molar-refractivity contribution >= 4 is 47.5 Å². The second kappa shape index (κ2) is 21.9. The largest absolute Gasteiger partial charge is 0.511 e. The maximum Gasteiger partial charge on any atom is 0.511 e. The number of halogens is 2. The fraction of sp³-hybridized carbons (Fsp3) is 0.389. The van der Waals surface area contributed by atoms with E-state index in [0.717, 1.165) is 6.42 Å². The molecule has 18 nitrogen and oxygen atoms in total. The van der Waals surface area contributed by atoms with E-state index >= 15 is 4.39 Å². The van der Waals surface area contributed by atoms with Crippen molar-refractivity contribution < 1.29 is 56.3 Å². The van der Waals surface area contributed by atoms with Gasteiger partial charge in [0.2, 0.25) is 12.7 Å². The van der Waals surface area contributed by atoms with Gasteiger partial charge in [-0.25, -0.2) is 28.3 Å². The van der Waals surface area contributed by atoms with Gasteiger partial charge in [-0.2, -0.15) is 9.98 Å². The van der Waals surface area contributed by atoms with E-state index in [2.05, 4.69) is 30.6 Å². The number of aliphatic imine (C=N–C) groups is 2. The Hall–Kier alpha value is -6.60. The average molecular weight is 787 g/mol. The van der Waals surface area contributed by atoms with Gasteiger partial charge in [0, 0.05) is 42.2 Å². The summed E-state index contributed by atoms with van der Waals surface area (Å²) in [5.74, 6) is -2.38. The molecule has 3 rings (SSSR count). The van der Waals surface area contributed by atoms with Crippen molar-refractivity contribution in [2.45, 2.75) is 52.2 Å². The second-order valence-electron chi connectivity index (χ2n) is 12.0. The molecule has 0 aliphatic heterocycles. The Balaban J connectivity index is 2.02. The molecule has 1 atom stereocenters. The molecule has 0 radical (unpaired) electrons. The monoisotopic (exact) mass is 786 g/mol. The quantitative estimate of drug-likeness (QED) is 0.0303. The van der Waals surface area contributed by atoms with Crippen molar-refractivity contribution in [2.75, 3.05) is 51.0 Å². The molecule has 0 aliphatic carbocycles. The first-order valence-electron chi connectivity index (χ1n) is 17.0. The van der Waals surface area contributed by atoms with Gasteiger partial charge in [0.15, 0.2) is 17.4 Å². The summed E-state index contributed by atoms with van der Waals surface area (Å²) in [6.45, 7) is 3.84. The highest BCUT2D eigenvalue weighted by Crippen LogP contribution is 2.34. The van der Waals surface area contributed by atoms with Gasteiger partial charge in [0.25, 0.3) is 0 Å². The number of amidine groups is 3. The first-order valence-corrected chi connectivity index (χ1v) is 17.0. The van der Waals surface area contributed by atoms with E-state index < -0.39 is 61.0 Å². The summed E-state index contributed by atoms with van der Waals surface area (Å²) in [5, 5.41) is 14.8. The SMILES string of the molecule is CCCCOC(=O)/N=C(\N)c1ccc(N[C@@H](C(=N)/N=C(\Nc2ncccn2)OCOC(=O)OC(C)(C)CF)c2cc(OC)cc(OCCOC(C)=O)c2F)cc1. The zero-order valence-corrected chi connectivity index (χ0v) is 31.4. The highest BCUT2D eigenvalue weighted by Gasteiger charge is 2.27. The number of nitrogens with two attached hydrogens (primary N) is 1. The normalized spacial score (nSPS) is 12.1. The molecule has 0 spiro atoms. The van der Waals surface area contributed by atoms with Gasteiger partial charge in [-0.3, -0.25) is 15.5 Å². The summed E-state index contributed by atoms with van der Waals surface area (Å²) < 4.78 is 65.7. The topological polar surface area (TPSA) is 240 Å². The number of ether oxygens (including phenoxy) is 7. The van der Waals surface area contributed by atoms with Gasteiger partial charge in [0.05, 0.1) is 13.7 Å². The fourth-order valence-corrected chi connectivity index (χ4v) is 4.20. The lowest BCUT2D eigenvalue weighted by Crippen LogP contribution is -2.31. The van der Waals surface area contributed by atoms with Crippen LogP contribution in [0.1, 0.15) is 57.7 Å². The number of benzene rings is 2. The predicted molar refractivity (Wildman–Crippen MR) is 199 cm³/mol. The third-order valence-electron chi connectivity index (χ3n) is 6.99. The number of nitrogens with one attached hydrogen (secondary N) is 3. The van der Waals surface area contributed by atoms with Crippen LogP contribution in [-0.4, -0.2) is 91.9 Å². The maximum atomic E-state index is 16.3. The molecule has 0 saturated heterocycles. The zero-order valence-electron chi connectivity index (χ0n) is 31.4. The van der Waals surface area contributed by atoms with E-state index in [4.69, 9.17) is 44.3 Å². The number of esters is 1. The zero-order chi connectivity index (χ0) is 41.1. The van der Waals surface area contributed by atoms with Crippen LogP contribution in [0.5, 0.6) is 11.5 Å². The number of anilines is 2. The van der Waals surface area contributed by atoms with Gasteiger partial charge in [-0.05, 0) is 56.7 Å². The minimum Gasteiger partial charge on any atom is -0.497 e. The number of rotatable bonds is 18. The van der Waals surface area contributed by atoms with E-state index in [9.17, 15) is 18.8 Å². The van der Waals surface area contributed by atoms with Crippen molar-refractivity contribution in [1.29, 1.82) is 5.41 Å². The Labute approximate surface area is 321 Å². The third-order valence-corrected chi connectivity index (χ3v) is 6.99. The standard InChI is InChI=1S/C36H44F2N8O10/c1-6-7-15-53-34(48)45-30(39)23-9-11-24(12-10-23)43-29(26-18-25(50-5)19-27(28(26)38)52-17-16-51-22(2)47)31(40)44-33(46-32-41-13-8-14-42-32)54-21-55-35(49)56-36(3,4)20-37/h8-14,18-19,29,43H,6-7,15-17,20-21H2,1-5H3,(H2,39,45,48)(H2,40,41,42,44,46)/t29-/m1/s1. The van der Waals surface area contributed by atoms with Crippen LogP contribution in [0.2, 0.25) is 0 Å². The first-order chi connectivity index (χ1) is 26.7. The van der Waals surface area contributed by atoms with Crippen molar-refractivity contribution in [3.63, 3.8) is 0 Å². The van der Waals surface area contributed by atoms with Crippen LogP contribution in [0.4, 0.5) is 30.0 Å². The minimum absolute atomic E-state index is 0.0372. The molecule has 0 unspecified atom stereocenters. The van der Waals surface area contributed by atoms with E-state index in [-0.39, 0.29) is 48.7 Å². The lowest BCUT2D eigenvalue weighted by atomic mass is 10.0. The van der Waals surface area contributed by atoms with E-state index in [1.54, 1.807) is 0 Å². The molecular formula is C36H44F2N8O10. The molecular weight excluding hydrogens is 742 g/mol. The minimum atomic E-state index is -1.47. The summed E-state index contributed by atoms with van der Waals surface area (Å²) in [4.78, 5) is 51.5. The molecule has 2 aromatic carbocycles. The van der Waals surface area contributed by atoms with E-state index in [0.29, 0.717) is 17.7 Å². The van der Waals surface area contributed by atoms with Crippen LogP contribution >= 0.6 is 0 Å². The molecule has 5 N–H and O–H groups in total. The number of hydrogen-bond donors (Lipinski definition) is 4. The van der Waals surface area contributed by atoms with Gasteiger partial charge in [-0.15, -0.1) is 0 Å². The summed E-state index contributed by atoms with van der Waals surface area (Å²) >= 11 is 0. The Bertz CT molecular complexity index is 1850. The highest BCUT2D eigenvalue weighted by atomic mass is 19.1. The van der Waals surface area contributed by atoms with E-state index in [1.165, 1.54) is 82.7 Å². The molecule has 1 heterocycles. The first kappa shape index (κ1) is 43.8. The van der Waals surface area contributed by atoms with Crippen LogP contribution in [0, 0.1) is 11.2 Å². The lowest BCUT2D eigenvalue weighted by molar-refractivity contribution is -0.141. The fourth-order valence-electron chi connectivity index (χ4n) is 4.20. The number of carbonyl (C=O) groups excluding carboxylic acids is 3. The van der Waals surface area contributed by atoms with Gasteiger partial charge in [-0.1, -0.05) is 13.3 Å². The molecule has 302 valence electrons. The number of nitrogens with zero attached hydrogens (tertiary/aromatic N) is 4. The number of aromatic nitrogens is 2. The molecule has 56 heavy (non-hydrogen) atoms. The number of amides is 1. The molecule has 0 saturated carbocycles. The Kier molecular flexibility index (Phi) is 17.2. The maximum absolute atomic E-state index is 16.3. The van der Waals surface area contributed by atoms with Crippen molar-refractivity contribution in [1.82, 2.24) is 9.97 Å². The van der Waals surface area contributed by atoms with E-state index in [1.807, 2.05) is 6.92 Å². The van der Waals surface area contributed by atoms with Gasteiger partial charge < -0.3 is 44.2 Å². The molecule has 1 amide bonds. The number of carbonyl (C=O) groups is 3. The number of methoxy groups -OCH3 is 1. The van der Waals surface area contributed by atoms with Gasteiger partial charge in [0.1, 0.15) is 43.1 Å². The third kappa shape index (κ3) is 14.7. The number of alkyl halides is 1. The Morgan fingerprint density at radius 3 is 2.36 bits per heavy atom. The van der Waals surface area contributed by atoms with Crippen molar-refractivity contribution in [3.05, 3.63) is 71.8 Å². The second-order valence-corrected chi connectivity index (χ2v) is 12.0. The summed E-state index contributed by atoms with van der Waals surface area (Å²) in [6.07, 6.45) is 2.21. The smallest absolute Gasteiger partial charge is 0.497 e. The molecule has 1 aromatic heterocycles. The van der Waals surface area contributed by atoms with Gasteiger partial charge >= 0.3 is 24.2 Å². The number of unbranched alkanes of at least 4 members (excludes halogenated alkanes) is 1. The Morgan fingerprint density at radius 1 is 1.00 bits per heavy atom.